The Bertz CT molecular complexity index is 514. The van der Waals surface area contributed by atoms with Gasteiger partial charge in [-0.15, -0.1) is 5.10 Å². The predicted octanol–water partition coefficient (Wildman–Crippen LogP) is 0.487. The molecule has 0 bridgehead atoms. The first-order chi connectivity index (χ1) is 9.61. The number of ether oxygens (including phenoxy) is 1. The number of carbonyl (C=O) groups is 3. The van der Waals surface area contributed by atoms with Crippen LogP contribution in [0.5, 0.6) is 0 Å². The highest BCUT2D eigenvalue weighted by molar-refractivity contribution is 7.99. The van der Waals surface area contributed by atoms with Gasteiger partial charge in [0.2, 0.25) is 11.8 Å². The minimum atomic E-state index is -0.670. The van der Waals surface area contributed by atoms with Gasteiger partial charge in [-0.05, 0) is 6.92 Å². The Morgan fingerprint density at radius 3 is 2.70 bits per heavy atom. The van der Waals surface area contributed by atoms with Crippen LogP contribution >= 0.6 is 11.8 Å². The monoisotopic (exact) mass is 299 g/mol. The Balaban J connectivity index is 1.81. The molecule has 0 N–H and O–H groups in total. The number of carbonyl (C=O) groups excluding carboxylic acids is 3. The van der Waals surface area contributed by atoms with Gasteiger partial charge in [0.05, 0.1) is 6.61 Å². The fourth-order valence-electron chi connectivity index (χ4n) is 1.64. The fraction of sp³-hybridized carbons (Fsp3) is 0.545. The molecule has 1 aliphatic rings. The molecule has 1 aliphatic heterocycles. The largest absolute Gasteiger partial charge is 0.459 e. The fourth-order valence-corrected chi connectivity index (χ4v) is 2.32. The summed E-state index contributed by atoms with van der Waals surface area (Å²) in [6, 6.07) is 0. The Labute approximate surface area is 118 Å². The summed E-state index contributed by atoms with van der Waals surface area (Å²) in [4.78, 5) is 35.3. The van der Waals surface area contributed by atoms with Gasteiger partial charge < -0.3 is 9.15 Å². The molecule has 0 aliphatic carbocycles. The second-order valence-corrected chi connectivity index (χ2v) is 4.93. The SMILES string of the molecule is CCOC(=O)c1nnc(SCCN2C(=O)CCC2=O)o1. The van der Waals surface area contributed by atoms with E-state index >= 15 is 0 Å². The molecule has 0 atom stereocenters. The van der Waals surface area contributed by atoms with Crippen molar-refractivity contribution in [1.82, 2.24) is 15.1 Å². The number of esters is 1. The summed E-state index contributed by atoms with van der Waals surface area (Å²) in [7, 11) is 0. The van der Waals surface area contributed by atoms with Gasteiger partial charge in [-0.1, -0.05) is 16.9 Å². The van der Waals surface area contributed by atoms with Crippen molar-refractivity contribution in [3.63, 3.8) is 0 Å². The van der Waals surface area contributed by atoms with E-state index in [1.165, 1.54) is 16.7 Å². The topological polar surface area (TPSA) is 103 Å². The summed E-state index contributed by atoms with van der Waals surface area (Å²) in [5.41, 5.74) is 0. The lowest BCUT2D eigenvalue weighted by atomic mass is 10.4. The molecule has 0 unspecified atom stereocenters. The Kier molecular flexibility index (Phi) is 4.72. The molecular formula is C11H13N3O5S. The lowest BCUT2D eigenvalue weighted by molar-refractivity contribution is -0.137. The molecule has 1 aromatic rings. The van der Waals surface area contributed by atoms with Crippen molar-refractivity contribution in [3.8, 4) is 0 Å². The van der Waals surface area contributed by atoms with E-state index in [2.05, 4.69) is 10.2 Å². The number of likely N-dealkylation sites (tertiary alicyclic amines) is 1. The molecule has 1 aromatic heterocycles. The smallest absolute Gasteiger partial charge is 0.396 e. The van der Waals surface area contributed by atoms with Crippen LogP contribution in [0.4, 0.5) is 0 Å². The van der Waals surface area contributed by atoms with Gasteiger partial charge in [0.25, 0.3) is 5.22 Å². The highest BCUT2D eigenvalue weighted by Crippen LogP contribution is 2.18. The number of hydrogen-bond acceptors (Lipinski definition) is 8. The van der Waals surface area contributed by atoms with Crippen LogP contribution in [0.15, 0.2) is 9.64 Å². The number of imide groups is 1. The first kappa shape index (κ1) is 14.5. The first-order valence-electron chi connectivity index (χ1n) is 6.08. The maximum Gasteiger partial charge on any atom is 0.396 e. The zero-order chi connectivity index (χ0) is 14.5. The van der Waals surface area contributed by atoms with Crippen molar-refractivity contribution in [2.45, 2.75) is 25.0 Å². The lowest BCUT2D eigenvalue weighted by Crippen LogP contribution is -2.31. The molecule has 0 spiro atoms. The molecule has 1 fully saturated rings. The number of aromatic nitrogens is 2. The summed E-state index contributed by atoms with van der Waals surface area (Å²) >= 11 is 1.17. The summed E-state index contributed by atoms with van der Waals surface area (Å²) in [5.74, 6) is -0.761. The normalized spacial score (nSPS) is 14.9. The Morgan fingerprint density at radius 2 is 2.05 bits per heavy atom. The second kappa shape index (κ2) is 6.51. The van der Waals surface area contributed by atoms with E-state index in [9.17, 15) is 14.4 Å². The van der Waals surface area contributed by atoms with Gasteiger partial charge in [0, 0.05) is 25.1 Å². The molecule has 0 aromatic carbocycles. The van der Waals surface area contributed by atoms with Crippen LogP contribution < -0.4 is 0 Å². The zero-order valence-electron chi connectivity index (χ0n) is 10.8. The van der Waals surface area contributed by atoms with Crippen molar-refractivity contribution in [2.24, 2.45) is 0 Å². The summed E-state index contributed by atoms with van der Waals surface area (Å²) < 4.78 is 9.81. The molecule has 2 amide bonds. The van der Waals surface area contributed by atoms with Crippen molar-refractivity contribution in [1.29, 1.82) is 0 Å². The van der Waals surface area contributed by atoms with Crippen LogP contribution in [0.2, 0.25) is 0 Å². The molecule has 9 heteroatoms. The van der Waals surface area contributed by atoms with Crippen molar-refractivity contribution in [2.75, 3.05) is 18.9 Å². The van der Waals surface area contributed by atoms with Crippen LogP contribution in [0.3, 0.4) is 0 Å². The average molecular weight is 299 g/mol. The Hall–Kier alpha value is -1.90. The van der Waals surface area contributed by atoms with E-state index in [1.807, 2.05) is 0 Å². The minimum Gasteiger partial charge on any atom is -0.459 e. The van der Waals surface area contributed by atoms with Crippen LogP contribution in [0.1, 0.15) is 30.5 Å². The molecule has 1 saturated heterocycles. The standard InChI is InChI=1S/C11H13N3O5S/c1-2-18-10(17)9-12-13-11(19-9)20-6-5-14-7(15)3-4-8(14)16/h2-6H2,1H3. The molecule has 0 radical (unpaired) electrons. The van der Waals surface area contributed by atoms with Gasteiger partial charge in [-0.3, -0.25) is 14.5 Å². The third kappa shape index (κ3) is 3.35. The number of amides is 2. The first-order valence-corrected chi connectivity index (χ1v) is 7.07. The van der Waals surface area contributed by atoms with E-state index in [1.54, 1.807) is 6.92 Å². The third-order valence-electron chi connectivity index (χ3n) is 2.55. The maximum absolute atomic E-state index is 11.4. The van der Waals surface area contributed by atoms with E-state index in [4.69, 9.17) is 9.15 Å². The highest BCUT2D eigenvalue weighted by atomic mass is 32.2. The van der Waals surface area contributed by atoms with Gasteiger partial charge in [-0.2, -0.15) is 0 Å². The van der Waals surface area contributed by atoms with Crippen LogP contribution in [0, 0.1) is 0 Å². The Morgan fingerprint density at radius 1 is 1.35 bits per heavy atom. The molecule has 8 nitrogen and oxygen atoms in total. The second-order valence-electron chi connectivity index (χ2n) is 3.88. The van der Waals surface area contributed by atoms with Crippen molar-refractivity contribution < 1.29 is 23.5 Å². The number of nitrogens with zero attached hydrogens (tertiary/aromatic N) is 3. The zero-order valence-corrected chi connectivity index (χ0v) is 11.6. The van der Waals surface area contributed by atoms with Gasteiger partial charge >= 0.3 is 11.9 Å². The average Bonchev–Trinajstić information content (AvgIpc) is 3.00. The van der Waals surface area contributed by atoms with Crippen molar-refractivity contribution >= 4 is 29.5 Å². The lowest BCUT2D eigenvalue weighted by Gasteiger charge is -2.11. The summed E-state index contributed by atoms with van der Waals surface area (Å²) in [6.45, 7) is 2.19. The molecule has 2 rings (SSSR count). The third-order valence-corrected chi connectivity index (χ3v) is 3.35. The molecule has 20 heavy (non-hydrogen) atoms. The van der Waals surface area contributed by atoms with Crippen molar-refractivity contribution in [3.05, 3.63) is 5.89 Å². The molecular weight excluding hydrogens is 286 g/mol. The number of rotatable bonds is 6. The van der Waals surface area contributed by atoms with Gasteiger partial charge in [-0.25, -0.2) is 4.79 Å². The van der Waals surface area contributed by atoms with Crippen LogP contribution in [0.25, 0.3) is 0 Å². The van der Waals surface area contributed by atoms with E-state index < -0.39 is 5.97 Å². The van der Waals surface area contributed by atoms with Crippen LogP contribution in [-0.2, 0) is 14.3 Å². The highest BCUT2D eigenvalue weighted by Gasteiger charge is 2.28. The summed E-state index contributed by atoms with van der Waals surface area (Å²) in [6.07, 6.45) is 0.550. The van der Waals surface area contributed by atoms with Gasteiger partial charge in [0.15, 0.2) is 0 Å². The number of hydrogen-bond donors (Lipinski definition) is 0. The summed E-state index contributed by atoms with van der Waals surface area (Å²) in [5, 5.41) is 7.44. The van der Waals surface area contributed by atoms with Gasteiger partial charge in [0.1, 0.15) is 0 Å². The maximum atomic E-state index is 11.4. The molecule has 0 saturated carbocycles. The predicted molar refractivity (Wildman–Crippen MR) is 66.9 cm³/mol. The van der Waals surface area contributed by atoms with E-state index in [-0.39, 0.29) is 42.4 Å². The molecule has 2 heterocycles. The van der Waals surface area contributed by atoms with E-state index in [0.717, 1.165) is 0 Å². The quantitative estimate of drug-likeness (QED) is 0.425. The molecule has 108 valence electrons. The van der Waals surface area contributed by atoms with E-state index in [0.29, 0.717) is 12.3 Å². The van der Waals surface area contributed by atoms with Crippen LogP contribution in [-0.4, -0.2) is 51.8 Å². The number of thioether (sulfide) groups is 1. The minimum absolute atomic E-state index is 0.159.